The zero-order chi connectivity index (χ0) is 12.3. The van der Waals surface area contributed by atoms with Crippen LogP contribution in [0, 0.1) is 18.8 Å². The van der Waals surface area contributed by atoms with Crippen LogP contribution in [0.5, 0.6) is 0 Å². The van der Waals surface area contributed by atoms with E-state index < -0.39 is 0 Å². The number of benzene rings is 1. The molecule has 0 aliphatic carbocycles. The molecule has 2 rings (SSSR count). The van der Waals surface area contributed by atoms with Gasteiger partial charge in [0, 0.05) is 5.56 Å². The second kappa shape index (κ2) is 4.54. The van der Waals surface area contributed by atoms with Gasteiger partial charge in [-0.2, -0.15) is 4.98 Å². The third-order valence-electron chi connectivity index (χ3n) is 2.23. The first-order valence-corrected chi connectivity index (χ1v) is 5.12. The van der Waals surface area contributed by atoms with E-state index in [-0.39, 0.29) is 5.95 Å². The fourth-order valence-electron chi connectivity index (χ4n) is 1.28. The quantitative estimate of drug-likeness (QED) is 0.662. The predicted octanol–water partition coefficient (Wildman–Crippen LogP) is 1.35. The van der Waals surface area contributed by atoms with Crippen LogP contribution in [0.15, 0.2) is 30.5 Å². The van der Waals surface area contributed by atoms with Gasteiger partial charge in [0.1, 0.15) is 5.82 Å². The minimum absolute atomic E-state index is 0.156. The average molecular weight is 224 g/mol. The van der Waals surface area contributed by atoms with Crippen molar-refractivity contribution in [3.05, 3.63) is 47.2 Å². The summed E-state index contributed by atoms with van der Waals surface area (Å²) in [4.78, 5) is 7.69. The molecule has 0 saturated carbocycles. The molecule has 4 nitrogen and oxygen atoms in total. The molecule has 0 atom stereocenters. The topological polar surface area (TPSA) is 77.8 Å². The zero-order valence-corrected chi connectivity index (χ0v) is 9.44. The molecule has 0 amide bonds. The Hall–Kier alpha value is -2.54. The van der Waals surface area contributed by atoms with Gasteiger partial charge < -0.3 is 11.5 Å². The molecule has 17 heavy (non-hydrogen) atoms. The highest BCUT2D eigenvalue weighted by atomic mass is 15.0. The molecule has 0 bridgehead atoms. The van der Waals surface area contributed by atoms with Crippen LogP contribution in [0.4, 0.5) is 11.8 Å². The van der Waals surface area contributed by atoms with Crippen molar-refractivity contribution in [2.45, 2.75) is 6.92 Å². The number of hydrogen-bond donors (Lipinski definition) is 2. The maximum atomic E-state index is 5.68. The lowest BCUT2D eigenvalue weighted by Gasteiger charge is -1.97. The molecule has 0 fully saturated rings. The summed E-state index contributed by atoms with van der Waals surface area (Å²) in [6.45, 7) is 2.03. The summed E-state index contributed by atoms with van der Waals surface area (Å²) in [5.74, 6) is 6.38. The van der Waals surface area contributed by atoms with E-state index in [4.69, 9.17) is 11.5 Å². The van der Waals surface area contributed by atoms with Gasteiger partial charge in [-0.3, -0.25) is 0 Å². The van der Waals surface area contributed by atoms with Crippen molar-refractivity contribution in [2.24, 2.45) is 0 Å². The van der Waals surface area contributed by atoms with Gasteiger partial charge in [-0.25, -0.2) is 4.98 Å². The third-order valence-corrected chi connectivity index (χ3v) is 2.23. The van der Waals surface area contributed by atoms with Gasteiger partial charge in [0.05, 0.1) is 11.8 Å². The van der Waals surface area contributed by atoms with E-state index in [0.717, 1.165) is 5.56 Å². The summed E-state index contributed by atoms with van der Waals surface area (Å²) < 4.78 is 0. The minimum Gasteiger partial charge on any atom is -0.382 e. The summed E-state index contributed by atoms with van der Waals surface area (Å²) in [5, 5.41) is 0. The van der Waals surface area contributed by atoms with Gasteiger partial charge in [0.25, 0.3) is 0 Å². The van der Waals surface area contributed by atoms with Crippen molar-refractivity contribution in [3.8, 4) is 11.8 Å². The summed E-state index contributed by atoms with van der Waals surface area (Å²) in [6.07, 6.45) is 1.53. The Labute approximate surface area is 99.7 Å². The summed E-state index contributed by atoms with van der Waals surface area (Å²) in [7, 11) is 0. The average Bonchev–Trinajstić information content (AvgIpc) is 2.30. The van der Waals surface area contributed by atoms with Crippen molar-refractivity contribution in [1.29, 1.82) is 0 Å². The van der Waals surface area contributed by atoms with Gasteiger partial charge in [0.2, 0.25) is 5.95 Å². The van der Waals surface area contributed by atoms with E-state index in [1.54, 1.807) is 0 Å². The molecule has 0 radical (unpaired) electrons. The SMILES string of the molecule is Cc1ccc(C#Cc2cnc(N)nc2N)cc1. The van der Waals surface area contributed by atoms with E-state index in [1.165, 1.54) is 11.8 Å². The lowest BCUT2D eigenvalue weighted by atomic mass is 10.1. The maximum absolute atomic E-state index is 5.68. The lowest BCUT2D eigenvalue weighted by molar-refractivity contribution is 1.18. The van der Waals surface area contributed by atoms with E-state index >= 15 is 0 Å². The van der Waals surface area contributed by atoms with Gasteiger partial charge in [0.15, 0.2) is 0 Å². The van der Waals surface area contributed by atoms with Crippen LogP contribution in [0.25, 0.3) is 0 Å². The van der Waals surface area contributed by atoms with Crippen LogP contribution in [0.1, 0.15) is 16.7 Å². The summed E-state index contributed by atoms with van der Waals surface area (Å²) in [5.41, 5.74) is 13.8. The molecule has 2 aromatic rings. The number of rotatable bonds is 0. The monoisotopic (exact) mass is 224 g/mol. The molecule has 0 spiro atoms. The van der Waals surface area contributed by atoms with Gasteiger partial charge >= 0.3 is 0 Å². The Morgan fingerprint density at radius 3 is 2.41 bits per heavy atom. The molecule has 1 aromatic heterocycles. The first-order chi connectivity index (χ1) is 8.15. The number of anilines is 2. The van der Waals surface area contributed by atoms with Crippen LogP contribution < -0.4 is 11.5 Å². The van der Waals surface area contributed by atoms with Gasteiger partial charge in [-0.05, 0) is 19.1 Å². The molecular weight excluding hydrogens is 212 g/mol. The summed E-state index contributed by atoms with van der Waals surface area (Å²) >= 11 is 0. The van der Waals surface area contributed by atoms with E-state index in [2.05, 4.69) is 21.8 Å². The van der Waals surface area contributed by atoms with Crippen LogP contribution >= 0.6 is 0 Å². The largest absolute Gasteiger partial charge is 0.382 e. The third kappa shape index (κ3) is 2.73. The predicted molar refractivity (Wildman–Crippen MR) is 68.0 cm³/mol. The number of aromatic nitrogens is 2. The highest BCUT2D eigenvalue weighted by Gasteiger charge is 1.98. The standard InChI is InChI=1S/C13H12N4/c1-9-2-4-10(5-3-9)6-7-11-8-16-13(15)17-12(11)14/h2-5,8H,1H3,(H4,14,15,16,17). The molecule has 0 aliphatic heterocycles. The second-order valence-corrected chi connectivity index (χ2v) is 3.64. The fourth-order valence-corrected chi connectivity index (χ4v) is 1.28. The van der Waals surface area contributed by atoms with Crippen LogP contribution in [0.3, 0.4) is 0 Å². The number of nitrogen functional groups attached to an aromatic ring is 2. The number of nitrogens with two attached hydrogens (primary N) is 2. The Morgan fingerprint density at radius 2 is 1.76 bits per heavy atom. The van der Waals surface area contributed by atoms with Crippen LogP contribution in [-0.2, 0) is 0 Å². The normalized spacial score (nSPS) is 9.47. The van der Waals surface area contributed by atoms with E-state index in [1.807, 2.05) is 31.2 Å². The molecule has 0 aliphatic rings. The minimum atomic E-state index is 0.156. The first-order valence-electron chi connectivity index (χ1n) is 5.12. The second-order valence-electron chi connectivity index (χ2n) is 3.64. The number of hydrogen-bond acceptors (Lipinski definition) is 4. The molecule has 1 aromatic carbocycles. The Morgan fingerprint density at radius 1 is 1.06 bits per heavy atom. The smallest absolute Gasteiger partial charge is 0.221 e. The number of aryl methyl sites for hydroxylation is 1. The molecular formula is C13H12N4. The fraction of sp³-hybridized carbons (Fsp3) is 0.0769. The van der Waals surface area contributed by atoms with Gasteiger partial charge in [-0.1, -0.05) is 29.5 Å². The van der Waals surface area contributed by atoms with Gasteiger partial charge in [-0.15, -0.1) is 0 Å². The van der Waals surface area contributed by atoms with Crippen molar-refractivity contribution in [3.63, 3.8) is 0 Å². The number of nitrogens with zero attached hydrogens (tertiary/aromatic N) is 2. The highest BCUT2D eigenvalue weighted by molar-refractivity contribution is 5.53. The molecule has 4 heteroatoms. The maximum Gasteiger partial charge on any atom is 0.221 e. The van der Waals surface area contributed by atoms with Crippen molar-refractivity contribution < 1.29 is 0 Å². The van der Waals surface area contributed by atoms with Crippen molar-refractivity contribution >= 4 is 11.8 Å². The van der Waals surface area contributed by atoms with Crippen molar-refractivity contribution in [1.82, 2.24) is 9.97 Å². The van der Waals surface area contributed by atoms with Crippen LogP contribution in [-0.4, -0.2) is 9.97 Å². The summed E-state index contributed by atoms with van der Waals surface area (Å²) in [6, 6.07) is 7.92. The zero-order valence-electron chi connectivity index (χ0n) is 9.44. The van der Waals surface area contributed by atoms with Crippen LogP contribution in [0.2, 0.25) is 0 Å². The molecule has 4 N–H and O–H groups in total. The Bertz CT molecular complexity index is 591. The first kappa shape index (κ1) is 11.0. The van der Waals surface area contributed by atoms with E-state index in [9.17, 15) is 0 Å². The Kier molecular flexibility index (Phi) is 2.93. The van der Waals surface area contributed by atoms with Crippen molar-refractivity contribution in [2.75, 3.05) is 11.5 Å². The molecule has 0 saturated heterocycles. The van der Waals surface area contributed by atoms with E-state index in [0.29, 0.717) is 11.4 Å². The lowest BCUT2D eigenvalue weighted by Crippen LogP contribution is -2.01. The molecule has 1 heterocycles. The Balaban J connectivity index is 2.29. The molecule has 0 unspecified atom stereocenters. The molecule has 84 valence electrons. The highest BCUT2D eigenvalue weighted by Crippen LogP contribution is 2.07.